The summed E-state index contributed by atoms with van der Waals surface area (Å²) < 4.78 is 7.30. The van der Waals surface area contributed by atoms with Crippen LogP contribution in [0.4, 0.5) is 11.6 Å². The predicted molar refractivity (Wildman–Crippen MR) is 82.8 cm³/mol. The highest BCUT2D eigenvalue weighted by atomic mass is 32.1. The van der Waals surface area contributed by atoms with E-state index in [4.69, 9.17) is 4.74 Å². The van der Waals surface area contributed by atoms with Crippen LogP contribution in [0, 0.1) is 10.1 Å². The molecule has 22 heavy (non-hydrogen) atoms. The van der Waals surface area contributed by atoms with Gasteiger partial charge in [0.25, 0.3) is 4.96 Å². The number of nitrogens with one attached hydrogen (secondary N) is 1. The molecule has 0 saturated heterocycles. The van der Waals surface area contributed by atoms with Crippen molar-refractivity contribution in [3.8, 4) is 5.75 Å². The number of fused-ring (bicyclic) bond motifs is 2. The van der Waals surface area contributed by atoms with E-state index in [1.165, 1.54) is 15.7 Å². The van der Waals surface area contributed by atoms with Gasteiger partial charge in [-0.15, -0.1) is 0 Å². The minimum Gasteiger partial charge on any atom is -0.488 e. The van der Waals surface area contributed by atoms with Crippen molar-refractivity contribution in [2.45, 2.75) is 12.5 Å². The van der Waals surface area contributed by atoms with Gasteiger partial charge in [-0.3, -0.25) is 0 Å². The molecule has 112 valence electrons. The number of benzene rings is 1. The molecule has 8 heteroatoms. The molecular formula is C14H12N4O3S. The first-order valence-corrected chi connectivity index (χ1v) is 7.68. The van der Waals surface area contributed by atoms with E-state index in [-0.39, 0.29) is 17.7 Å². The maximum atomic E-state index is 11.2. The van der Waals surface area contributed by atoms with E-state index in [1.807, 2.05) is 24.3 Å². The van der Waals surface area contributed by atoms with Crippen LogP contribution in [0.2, 0.25) is 0 Å². The van der Waals surface area contributed by atoms with Gasteiger partial charge in [0, 0.05) is 11.8 Å². The number of nitrogens with zero attached hydrogens (tertiary/aromatic N) is 3. The predicted octanol–water partition coefficient (Wildman–Crippen LogP) is 2.72. The first-order chi connectivity index (χ1) is 10.7. The van der Waals surface area contributed by atoms with E-state index in [0.29, 0.717) is 11.5 Å². The Kier molecular flexibility index (Phi) is 2.97. The summed E-state index contributed by atoms with van der Waals surface area (Å²) >= 11 is 1.36. The second-order valence-corrected chi connectivity index (χ2v) is 5.90. The molecule has 0 radical (unpaired) electrons. The molecular weight excluding hydrogens is 304 g/mol. The molecule has 0 unspecified atom stereocenters. The summed E-state index contributed by atoms with van der Waals surface area (Å²) in [6.07, 6.45) is 2.40. The van der Waals surface area contributed by atoms with Gasteiger partial charge >= 0.3 is 5.82 Å². The molecule has 7 nitrogen and oxygen atoms in total. The number of rotatable bonds is 4. The van der Waals surface area contributed by atoms with E-state index in [9.17, 15) is 10.1 Å². The van der Waals surface area contributed by atoms with E-state index < -0.39 is 4.92 Å². The Hall–Kier alpha value is -2.61. The maximum Gasteiger partial charge on any atom is 0.372 e. The van der Waals surface area contributed by atoms with Crippen LogP contribution >= 0.6 is 11.3 Å². The zero-order valence-corrected chi connectivity index (χ0v) is 12.2. The lowest BCUT2D eigenvalue weighted by Crippen LogP contribution is -2.24. The quantitative estimate of drug-likeness (QED) is 0.591. The minimum atomic E-state index is -0.417. The van der Waals surface area contributed by atoms with Crippen molar-refractivity contribution in [1.29, 1.82) is 0 Å². The van der Waals surface area contributed by atoms with Crippen LogP contribution in [0.25, 0.3) is 4.96 Å². The third-order valence-electron chi connectivity index (χ3n) is 3.62. The van der Waals surface area contributed by atoms with Crippen LogP contribution in [-0.4, -0.2) is 27.0 Å². The van der Waals surface area contributed by atoms with E-state index >= 15 is 0 Å². The number of ether oxygens (including phenoxy) is 1. The van der Waals surface area contributed by atoms with Gasteiger partial charge in [0.15, 0.2) is 0 Å². The third kappa shape index (κ3) is 2.08. The van der Waals surface area contributed by atoms with E-state index in [2.05, 4.69) is 10.3 Å². The lowest BCUT2D eigenvalue weighted by Gasteiger charge is -2.11. The average Bonchev–Trinajstić information content (AvgIpc) is 3.17. The van der Waals surface area contributed by atoms with Crippen molar-refractivity contribution < 1.29 is 9.66 Å². The molecule has 1 N–H and O–H groups in total. The molecule has 0 saturated carbocycles. The van der Waals surface area contributed by atoms with Gasteiger partial charge in [-0.2, -0.15) is 9.38 Å². The Balaban J connectivity index is 1.52. The average molecular weight is 316 g/mol. The summed E-state index contributed by atoms with van der Waals surface area (Å²) in [4.78, 5) is 15.7. The number of imidazole rings is 1. The molecule has 0 bridgehead atoms. The number of aromatic nitrogens is 2. The van der Waals surface area contributed by atoms with Crippen LogP contribution in [0.1, 0.15) is 5.56 Å². The fourth-order valence-corrected chi connectivity index (χ4v) is 3.35. The number of hydrogen-bond donors (Lipinski definition) is 1. The lowest BCUT2D eigenvalue weighted by atomic mass is 10.1. The molecule has 1 aromatic carbocycles. The van der Waals surface area contributed by atoms with Crippen LogP contribution in [-0.2, 0) is 6.42 Å². The summed E-state index contributed by atoms with van der Waals surface area (Å²) in [7, 11) is 0. The smallest absolute Gasteiger partial charge is 0.372 e. The van der Waals surface area contributed by atoms with Gasteiger partial charge in [0.1, 0.15) is 18.1 Å². The van der Waals surface area contributed by atoms with Crippen LogP contribution < -0.4 is 10.1 Å². The fraction of sp³-hybridized carbons (Fsp3) is 0.214. The topological polar surface area (TPSA) is 81.7 Å². The Bertz CT molecular complexity index is 832. The number of para-hydroxylation sites is 1. The Morgan fingerprint density at radius 2 is 2.36 bits per heavy atom. The number of nitro groups is 1. The molecule has 3 heterocycles. The summed E-state index contributed by atoms with van der Waals surface area (Å²) in [5, 5.41) is 16.1. The van der Waals surface area contributed by atoms with Crippen molar-refractivity contribution >= 4 is 27.9 Å². The largest absolute Gasteiger partial charge is 0.488 e. The molecule has 2 aromatic heterocycles. The summed E-state index contributed by atoms with van der Waals surface area (Å²) in [6.45, 7) is 0.473. The van der Waals surface area contributed by atoms with Crippen molar-refractivity contribution in [1.82, 2.24) is 9.38 Å². The first kappa shape index (κ1) is 13.1. The second kappa shape index (κ2) is 4.99. The van der Waals surface area contributed by atoms with Gasteiger partial charge in [-0.05, 0) is 16.6 Å². The second-order valence-electron chi connectivity index (χ2n) is 5.03. The third-order valence-corrected chi connectivity index (χ3v) is 4.38. The van der Waals surface area contributed by atoms with Gasteiger partial charge < -0.3 is 20.2 Å². The SMILES string of the molecule is O=[N+]([O-])c1c(NC[C@@H]2Cc3ccccc3O2)nc2sccn12. The van der Waals surface area contributed by atoms with E-state index in [0.717, 1.165) is 17.7 Å². The van der Waals surface area contributed by atoms with Crippen molar-refractivity contribution in [3.63, 3.8) is 0 Å². The summed E-state index contributed by atoms with van der Waals surface area (Å²) in [5.41, 5.74) is 1.16. The zero-order valence-electron chi connectivity index (χ0n) is 11.4. The Labute approximate surface area is 129 Å². The zero-order chi connectivity index (χ0) is 15.1. The molecule has 1 aliphatic rings. The highest BCUT2D eigenvalue weighted by molar-refractivity contribution is 7.15. The molecule has 0 fully saturated rings. The molecule has 4 rings (SSSR count). The number of anilines is 1. The molecule has 3 aromatic rings. The lowest BCUT2D eigenvalue weighted by molar-refractivity contribution is -0.389. The molecule has 1 atom stereocenters. The van der Waals surface area contributed by atoms with Crippen LogP contribution in [0.5, 0.6) is 5.75 Å². The number of hydrogen-bond acceptors (Lipinski definition) is 6. The van der Waals surface area contributed by atoms with Gasteiger partial charge in [0.05, 0.1) is 6.54 Å². The maximum absolute atomic E-state index is 11.2. The Morgan fingerprint density at radius 1 is 1.50 bits per heavy atom. The van der Waals surface area contributed by atoms with Crippen molar-refractivity contribution in [3.05, 3.63) is 51.5 Å². The van der Waals surface area contributed by atoms with Crippen molar-refractivity contribution in [2.75, 3.05) is 11.9 Å². The summed E-state index contributed by atoms with van der Waals surface area (Å²) in [5.74, 6) is 1.14. The van der Waals surface area contributed by atoms with Gasteiger partial charge in [0.2, 0.25) is 5.82 Å². The van der Waals surface area contributed by atoms with E-state index in [1.54, 1.807) is 11.6 Å². The molecule has 0 aliphatic carbocycles. The minimum absolute atomic E-state index is 0.0354. The standard InChI is InChI=1S/C14H12N4O3S/c19-18(20)13-12(16-14-17(13)5-6-22-14)15-8-10-7-9-3-1-2-4-11(9)21-10/h1-6,10,15H,7-8H2/t10-/m0/s1. The van der Waals surface area contributed by atoms with Crippen molar-refractivity contribution in [2.24, 2.45) is 0 Å². The highest BCUT2D eigenvalue weighted by Gasteiger charge is 2.26. The van der Waals surface area contributed by atoms with Crippen LogP contribution in [0.15, 0.2) is 35.8 Å². The molecule has 0 spiro atoms. The monoisotopic (exact) mass is 316 g/mol. The first-order valence-electron chi connectivity index (χ1n) is 6.81. The normalized spacial score (nSPS) is 16.5. The fourth-order valence-electron chi connectivity index (χ4n) is 2.65. The highest BCUT2D eigenvalue weighted by Crippen LogP contribution is 2.30. The van der Waals surface area contributed by atoms with Gasteiger partial charge in [-0.1, -0.05) is 29.5 Å². The van der Waals surface area contributed by atoms with Crippen LogP contribution in [0.3, 0.4) is 0 Å². The molecule has 0 amide bonds. The van der Waals surface area contributed by atoms with Gasteiger partial charge in [-0.25, -0.2) is 0 Å². The number of thiazole rings is 1. The molecule has 1 aliphatic heterocycles. The summed E-state index contributed by atoms with van der Waals surface area (Å²) in [6, 6.07) is 7.88. The Morgan fingerprint density at radius 3 is 3.18 bits per heavy atom.